The molecule has 0 aliphatic carbocycles. The van der Waals surface area contributed by atoms with Crippen LogP contribution in [0.5, 0.6) is 0 Å². The molecule has 0 fully saturated rings. The van der Waals surface area contributed by atoms with E-state index in [0.29, 0.717) is 16.4 Å². The average molecular weight is 391 g/mol. The normalized spacial score (nSPS) is 10.2. The number of carbonyl (C=O) groups is 2. The van der Waals surface area contributed by atoms with Crippen molar-refractivity contribution in [3.63, 3.8) is 0 Å². The van der Waals surface area contributed by atoms with Gasteiger partial charge >= 0.3 is 6.03 Å². The van der Waals surface area contributed by atoms with Crippen LogP contribution in [0.15, 0.2) is 53.9 Å². The van der Waals surface area contributed by atoms with Gasteiger partial charge in [-0.05, 0) is 42.5 Å². The number of nitrogens with one attached hydrogen (secondary N) is 3. The fourth-order valence-corrected chi connectivity index (χ4v) is 2.80. The van der Waals surface area contributed by atoms with E-state index in [-0.39, 0.29) is 10.8 Å². The van der Waals surface area contributed by atoms with Crippen molar-refractivity contribution >= 4 is 51.4 Å². The summed E-state index contributed by atoms with van der Waals surface area (Å²) in [5.74, 6) is -0.958. The van der Waals surface area contributed by atoms with Crippen LogP contribution in [0, 0.1) is 5.82 Å². The largest absolute Gasteiger partial charge is 0.325 e. The number of amides is 3. The Kier molecular flexibility index (Phi) is 5.45. The van der Waals surface area contributed by atoms with Crippen molar-refractivity contribution in [3.8, 4) is 0 Å². The van der Waals surface area contributed by atoms with Gasteiger partial charge in [0.05, 0.1) is 0 Å². The highest BCUT2D eigenvalue weighted by molar-refractivity contribution is 7.14. The van der Waals surface area contributed by atoms with Gasteiger partial charge in [0.1, 0.15) is 11.5 Å². The minimum absolute atomic E-state index is 0.112. The summed E-state index contributed by atoms with van der Waals surface area (Å²) in [5, 5.41) is 9.99. The Morgan fingerprint density at radius 1 is 1.00 bits per heavy atom. The number of rotatable bonds is 4. The van der Waals surface area contributed by atoms with E-state index in [1.54, 1.807) is 30.3 Å². The Bertz CT molecular complexity index is 946. The Morgan fingerprint density at radius 3 is 2.50 bits per heavy atom. The lowest BCUT2D eigenvalue weighted by Crippen LogP contribution is -2.19. The molecule has 0 spiro atoms. The lowest BCUT2D eigenvalue weighted by molar-refractivity contribution is 0.102. The van der Waals surface area contributed by atoms with Crippen molar-refractivity contribution in [2.45, 2.75) is 0 Å². The van der Waals surface area contributed by atoms with Crippen molar-refractivity contribution < 1.29 is 14.0 Å². The number of hydrogen-bond acceptors (Lipinski definition) is 4. The Balaban J connectivity index is 1.59. The van der Waals surface area contributed by atoms with E-state index in [1.165, 1.54) is 23.6 Å². The third-order valence-corrected chi connectivity index (χ3v) is 4.15. The highest BCUT2D eigenvalue weighted by atomic mass is 35.5. The predicted molar refractivity (Wildman–Crippen MR) is 101 cm³/mol. The molecule has 0 bridgehead atoms. The van der Waals surface area contributed by atoms with E-state index in [4.69, 9.17) is 11.6 Å². The Morgan fingerprint density at radius 2 is 1.77 bits per heavy atom. The number of halogens is 2. The van der Waals surface area contributed by atoms with Crippen LogP contribution >= 0.6 is 22.9 Å². The number of benzene rings is 2. The number of aromatic nitrogens is 1. The summed E-state index contributed by atoms with van der Waals surface area (Å²) in [7, 11) is 0. The third kappa shape index (κ3) is 4.78. The summed E-state index contributed by atoms with van der Waals surface area (Å²) in [6, 6.07) is 11.6. The van der Waals surface area contributed by atoms with E-state index in [0.717, 1.165) is 11.3 Å². The highest BCUT2D eigenvalue weighted by Crippen LogP contribution is 2.18. The molecule has 3 N–H and O–H groups in total. The molecule has 0 unspecified atom stereocenters. The molecule has 1 aromatic heterocycles. The van der Waals surface area contributed by atoms with Gasteiger partial charge in [-0.1, -0.05) is 17.7 Å². The second-order valence-electron chi connectivity index (χ2n) is 5.09. The van der Waals surface area contributed by atoms with Gasteiger partial charge in [-0.15, -0.1) is 11.3 Å². The van der Waals surface area contributed by atoms with Crippen LogP contribution in [-0.4, -0.2) is 16.9 Å². The van der Waals surface area contributed by atoms with E-state index in [9.17, 15) is 14.0 Å². The van der Waals surface area contributed by atoms with E-state index in [2.05, 4.69) is 20.9 Å². The standard InChI is InChI=1S/C17H12ClFN4O2S/c18-10-4-6-12(7-5-10)21-16(25)23-17-22-14(9-26-17)15(24)20-13-3-1-2-11(19)8-13/h1-9H,(H,20,24)(H2,21,22,23,25). The molecule has 0 radical (unpaired) electrons. The fourth-order valence-electron chi connectivity index (χ4n) is 1.99. The van der Waals surface area contributed by atoms with Gasteiger partial charge in [-0.25, -0.2) is 14.2 Å². The summed E-state index contributed by atoms with van der Waals surface area (Å²) in [6.07, 6.45) is 0. The maximum absolute atomic E-state index is 13.1. The molecule has 132 valence electrons. The Labute approximate surface area is 157 Å². The first-order chi connectivity index (χ1) is 12.5. The highest BCUT2D eigenvalue weighted by Gasteiger charge is 2.13. The molecule has 26 heavy (non-hydrogen) atoms. The van der Waals surface area contributed by atoms with Crippen LogP contribution in [0.3, 0.4) is 0 Å². The van der Waals surface area contributed by atoms with E-state index < -0.39 is 17.8 Å². The van der Waals surface area contributed by atoms with Crippen LogP contribution in [0.1, 0.15) is 10.5 Å². The molecule has 0 aliphatic rings. The Hall–Kier alpha value is -2.97. The zero-order valence-corrected chi connectivity index (χ0v) is 14.7. The molecule has 1 heterocycles. The fraction of sp³-hybridized carbons (Fsp3) is 0. The first-order valence-corrected chi connectivity index (χ1v) is 8.61. The number of hydrogen-bond donors (Lipinski definition) is 3. The van der Waals surface area contributed by atoms with Crippen LogP contribution in [0.4, 0.5) is 25.7 Å². The van der Waals surface area contributed by atoms with E-state index in [1.807, 2.05) is 0 Å². The van der Waals surface area contributed by atoms with Crippen LogP contribution in [0.25, 0.3) is 0 Å². The van der Waals surface area contributed by atoms with E-state index >= 15 is 0 Å². The van der Waals surface area contributed by atoms with Crippen LogP contribution in [0.2, 0.25) is 5.02 Å². The number of nitrogens with zero attached hydrogens (tertiary/aromatic N) is 1. The van der Waals surface area contributed by atoms with Crippen molar-refractivity contribution in [2.24, 2.45) is 0 Å². The number of anilines is 3. The van der Waals surface area contributed by atoms with Crippen molar-refractivity contribution in [1.29, 1.82) is 0 Å². The average Bonchev–Trinajstić information content (AvgIpc) is 3.05. The van der Waals surface area contributed by atoms with Gasteiger partial charge in [0, 0.05) is 21.8 Å². The van der Waals surface area contributed by atoms with Crippen molar-refractivity contribution in [3.05, 3.63) is 70.4 Å². The molecular formula is C17H12ClFN4O2S. The maximum atomic E-state index is 13.1. The summed E-state index contributed by atoms with van der Waals surface area (Å²) < 4.78 is 13.1. The first-order valence-electron chi connectivity index (χ1n) is 7.35. The second-order valence-corrected chi connectivity index (χ2v) is 6.38. The molecule has 2 aromatic carbocycles. The van der Waals surface area contributed by atoms with Crippen LogP contribution < -0.4 is 16.0 Å². The number of urea groups is 1. The summed E-state index contributed by atoms with van der Waals surface area (Å²) in [6.45, 7) is 0. The van der Waals surface area contributed by atoms with Gasteiger partial charge in [-0.2, -0.15) is 0 Å². The molecule has 3 amide bonds. The molecule has 0 aliphatic heterocycles. The molecule has 3 rings (SSSR count). The second kappa shape index (κ2) is 7.94. The maximum Gasteiger partial charge on any atom is 0.325 e. The van der Waals surface area contributed by atoms with Gasteiger partial charge < -0.3 is 10.6 Å². The summed E-state index contributed by atoms with van der Waals surface area (Å²) >= 11 is 6.88. The topological polar surface area (TPSA) is 83.1 Å². The summed E-state index contributed by atoms with van der Waals surface area (Å²) in [4.78, 5) is 28.1. The molecule has 0 atom stereocenters. The van der Waals surface area contributed by atoms with Crippen molar-refractivity contribution in [2.75, 3.05) is 16.0 Å². The van der Waals surface area contributed by atoms with Crippen molar-refractivity contribution in [1.82, 2.24) is 4.98 Å². The lowest BCUT2D eigenvalue weighted by atomic mass is 10.3. The first kappa shape index (κ1) is 17.8. The number of thiazole rings is 1. The van der Waals surface area contributed by atoms with Gasteiger partial charge in [-0.3, -0.25) is 10.1 Å². The smallest absolute Gasteiger partial charge is 0.321 e. The monoisotopic (exact) mass is 390 g/mol. The molecule has 9 heteroatoms. The molecule has 0 saturated carbocycles. The zero-order valence-electron chi connectivity index (χ0n) is 13.1. The van der Waals surface area contributed by atoms with Gasteiger partial charge in [0.25, 0.3) is 5.91 Å². The molecule has 0 saturated heterocycles. The molecule has 3 aromatic rings. The summed E-state index contributed by atoms with van der Waals surface area (Å²) in [5.41, 5.74) is 0.992. The minimum atomic E-state index is -0.502. The zero-order chi connectivity index (χ0) is 18.5. The van der Waals surface area contributed by atoms with Crippen LogP contribution in [-0.2, 0) is 0 Å². The van der Waals surface area contributed by atoms with Gasteiger partial charge in [0.2, 0.25) is 0 Å². The predicted octanol–water partition coefficient (Wildman–Crippen LogP) is 4.83. The quantitative estimate of drug-likeness (QED) is 0.596. The minimum Gasteiger partial charge on any atom is -0.321 e. The molecule has 6 nitrogen and oxygen atoms in total. The third-order valence-electron chi connectivity index (χ3n) is 3.14. The lowest BCUT2D eigenvalue weighted by Gasteiger charge is -2.05. The molecular weight excluding hydrogens is 379 g/mol. The number of carbonyl (C=O) groups excluding carboxylic acids is 2. The van der Waals surface area contributed by atoms with Gasteiger partial charge in [0.15, 0.2) is 5.13 Å². The SMILES string of the molecule is O=C(Nc1ccc(Cl)cc1)Nc1nc(C(=O)Nc2cccc(F)c2)cs1.